The van der Waals surface area contributed by atoms with Crippen molar-refractivity contribution in [3.8, 4) is 11.6 Å². The molecule has 0 bridgehead atoms. The third-order valence-electron chi connectivity index (χ3n) is 4.87. The maximum atomic E-state index is 5.95. The monoisotopic (exact) mass is 544 g/mol. The molecule has 2 aromatic rings. The maximum absolute atomic E-state index is 5.95. The smallest absolute Gasteiger partial charge is 0.276 e. The molecule has 1 aliphatic heterocycles. The Hall–Kier alpha value is -1.79. The van der Waals surface area contributed by atoms with E-state index in [1.54, 1.807) is 13.3 Å². The molecule has 0 aromatic carbocycles. The molecule has 0 amide bonds. The summed E-state index contributed by atoms with van der Waals surface area (Å²) in [5.74, 6) is 2.01. The summed E-state index contributed by atoms with van der Waals surface area (Å²) in [6, 6.07) is 5.60. The first kappa shape index (κ1) is 25.5. The number of hydrogen-bond donors (Lipinski definition) is 1. The van der Waals surface area contributed by atoms with Crippen LogP contribution in [-0.2, 0) is 15.9 Å². The number of nitrogens with zero attached hydrogens (tertiary/aromatic N) is 5. The molecule has 1 fully saturated rings. The Labute approximate surface area is 201 Å². The van der Waals surface area contributed by atoms with Crippen LogP contribution >= 0.6 is 24.0 Å². The van der Waals surface area contributed by atoms with Gasteiger partial charge in [0, 0.05) is 59.1 Å². The molecule has 0 atom stereocenters. The first-order valence-corrected chi connectivity index (χ1v) is 10.7. The van der Waals surface area contributed by atoms with E-state index in [1.165, 1.54) is 0 Å². The Bertz CT molecular complexity index is 765. The fourth-order valence-corrected chi connectivity index (χ4v) is 3.32. The predicted molar refractivity (Wildman–Crippen MR) is 130 cm³/mol. The molecule has 0 saturated carbocycles. The summed E-state index contributed by atoms with van der Waals surface area (Å²) in [6.07, 6.45) is 5.61. The SMILES string of the molecule is CCNC(=NCCc1noc(-c2ccccn2)n1)N1CCC(OCCCOC)CC1.I. The van der Waals surface area contributed by atoms with Crippen molar-refractivity contribution in [3.63, 3.8) is 0 Å². The Morgan fingerprint density at radius 2 is 2.13 bits per heavy atom. The molecule has 0 spiro atoms. The van der Waals surface area contributed by atoms with Crippen molar-refractivity contribution in [2.45, 2.75) is 38.7 Å². The number of pyridine rings is 1. The standard InChI is InChI=1S/C21H32N6O3.HI/c1-3-22-21(27-13-9-17(10-14-27)29-16-6-15-28-2)24-12-8-19-25-20(30-26-19)18-7-4-5-11-23-18;/h4-5,7,11,17H,3,6,8-10,12-16H2,1-2H3,(H,22,24);1H. The fraction of sp³-hybridized carbons (Fsp3) is 0.619. The molecule has 1 saturated heterocycles. The molecule has 9 nitrogen and oxygen atoms in total. The van der Waals surface area contributed by atoms with Crippen LogP contribution in [0.5, 0.6) is 0 Å². The Morgan fingerprint density at radius 1 is 1.29 bits per heavy atom. The second-order valence-corrected chi connectivity index (χ2v) is 7.12. The average Bonchev–Trinajstić information content (AvgIpc) is 3.26. The highest BCUT2D eigenvalue weighted by molar-refractivity contribution is 14.0. The van der Waals surface area contributed by atoms with Crippen LogP contribution < -0.4 is 5.32 Å². The minimum absolute atomic E-state index is 0. The number of aromatic nitrogens is 3. The van der Waals surface area contributed by atoms with Crippen molar-refractivity contribution in [2.24, 2.45) is 4.99 Å². The first-order chi connectivity index (χ1) is 14.8. The number of rotatable bonds is 10. The summed E-state index contributed by atoms with van der Waals surface area (Å²) in [4.78, 5) is 15.7. The van der Waals surface area contributed by atoms with Crippen molar-refractivity contribution in [3.05, 3.63) is 30.2 Å². The molecular formula is C21H33IN6O3. The zero-order valence-corrected chi connectivity index (χ0v) is 20.7. The number of piperidine rings is 1. The molecule has 2 aromatic heterocycles. The number of methoxy groups -OCH3 is 1. The van der Waals surface area contributed by atoms with Crippen LogP contribution in [0.1, 0.15) is 32.0 Å². The zero-order chi connectivity index (χ0) is 21.0. The number of guanidine groups is 1. The van der Waals surface area contributed by atoms with Crippen molar-refractivity contribution < 1.29 is 14.0 Å². The van der Waals surface area contributed by atoms with Crippen LogP contribution in [0.4, 0.5) is 0 Å². The van der Waals surface area contributed by atoms with Crippen LogP contribution in [-0.4, -0.2) is 78.6 Å². The third kappa shape index (κ3) is 8.34. The number of nitrogens with one attached hydrogen (secondary N) is 1. The van der Waals surface area contributed by atoms with Gasteiger partial charge in [-0.05, 0) is 38.3 Å². The lowest BCUT2D eigenvalue weighted by molar-refractivity contribution is 0.00991. The molecule has 0 radical (unpaired) electrons. The number of halogens is 1. The summed E-state index contributed by atoms with van der Waals surface area (Å²) in [7, 11) is 1.72. The second-order valence-electron chi connectivity index (χ2n) is 7.12. The minimum atomic E-state index is 0. The summed E-state index contributed by atoms with van der Waals surface area (Å²) in [6.45, 7) is 6.89. The molecular weight excluding hydrogens is 511 g/mol. The highest BCUT2D eigenvalue weighted by Gasteiger charge is 2.21. The van der Waals surface area contributed by atoms with E-state index in [2.05, 4.69) is 32.3 Å². The first-order valence-electron chi connectivity index (χ1n) is 10.7. The number of ether oxygens (including phenoxy) is 2. The van der Waals surface area contributed by atoms with E-state index in [0.29, 0.717) is 36.5 Å². The number of likely N-dealkylation sites (tertiary alicyclic amines) is 1. The molecule has 1 aliphatic rings. The molecule has 0 unspecified atom stereocenters. The van der Waals surface area contributed by atoms with Gasteiger partial charge >= 0.3 is 0 Å². The van der Waals surface area contributed by atoms with Gasteiger partial charge in [-0.1, -0.05) is 11.2 Å². The van der Waals surface area contributed by atoms with E-state index in [0.717, 1.165) is 58.1 Å². The van der Waals surface area contributed by atoms with Gasteiger partial charge in [0.15, 0.2) is 11.8 Å². The second kappa shape index (κ2) is 14.3. The summed E-state index contributed by atoms with van der Waals surface area (Å²) in [5.41, 5.74) is 0.681. The topological polar surface area (TPSA) is 97.9 Å². The van der Waals surface area contributed by atoms with E-state index in [4.69, 9.17) is 19.0 Å². The summed E-state index contributed by atoms with van der Waals surface area (Å²) < 4.78 is 16.3. The van der Waals surface area contributed by atoms with Gasteiger partial charge in [-0.15, -0.1) is 24.0 Å². The Morgan fingerprint density at radius 3 is 2.84 bits per heavy atom. The number of hydrogen-bond acceptors (Lipinski definition) is 7. The van der Waals surface area contributed by atoms with Gasteiger partial charge in [0.25, 0.3) is 5.89 Å². The summed E-state index contributed by atoms with van der Waals surface area (Å²) in [5, 5.41) is 7.43. The van der Waals surface area contributed by atoms with Crippen molar-refractivity contribution in [1.29, 1.82) is 0 Å². The van der Waals surface area contributed by atoms with E-state index in [-0.39, 0.29) is 24.0 Å². The maximum Gasteiger partial charge on any atom is 0.276 e. The molecule has 0 aliphatic carbocycles. The van der Waals surface area contributed by atoms with Crippen LogP contribution in [0.25, 0.3) is 11.6 Å². The lowest BCUT2D eigenvalue weighted by Crippen LogP contribution is -2.47. The minimum Gasteiger partial charge on any atom is -0.385 e. The van der Waals surface area contributed by atoms with Crippen molar-refractivity contribution in [1.82, 2.24) is 25.3 Å². The Kier molecular flexibility index (Phi) is 11.8. The molecule has 10 heteroatoms. The number of aliphatic imine (C=N–C) groups is 1. The fourth-order valence-electron chi connectivity index (χ4n) is 3.32. The normalized spacial score (nSPS) is 15.0. The zero-order valence-electron chi connectivity index (χ0n) is 18.3. The Balaban J connectivity index is 0.00000341. The largest absolute Gasteiger partial charge is 0.385 e. The van der Waals surface area contributed by atoms with Gasteiger partial charge in [0.2, 0.25) is 0 Å². The van der Waals surface area contributed by atoms with Gasteiger partial charge < -0.3 is 24.2 Å². The van der Waals surface area contributed by atoms with Gasteiger partial charge in [-0.3, -0.25) is 9.98 Å². The highest BCUT2D eigenvalue weighted by atomic mass is 127. The van der Waals surface area contributed by atoms with Gasteiger partial charge in [-0.25, -0.2) is 0 Å². The lowest BCUT2D eigenvalue weighted by atomic mass is 10.1. The molecule has 3 rings (SSSR count). The van der Waals surface area contributed by atoms with Crippen LogP contribution in [0, 0.1) is 0 Å². The van der Waals surface area contributed by atoms with Crippen molar-refractivity contribution >= 4 is 29.9 Å². The predicted octanol–water partition coefficient (Wildman–Crippen LogP) is 2.78. The summed E-state index contributed by atoms with van der Waals surface area (Å²) >= 11 is 0. The van der Waals surface area contributed by atoms with E-state index in [9.17, 15) is 0 Å². The lowest BCUT2D eigenvalue weighted by Gasteiger charge is -2.34. The van der Waals surface area contributed by atoms with Gasteiger partial charge in [0.05, 0.1) is 6.10 Å². The van der Waals surface area contributed by atoms with Gasteiger partial charge in [0.1, 0.15) is 5.69 Å². The van der Waals surface area contributed by atoms with Crippen LogP contribution in [0.3, 0.4) is 0 Å². The van der Waals surface area contributed by atoms with E-state index >= 15 is 0 Å². The third-order valence-corrected chi connectivity index (χ3v) is 4.87. The average molecular weight is 544 g/mol. The molecule has 31 heavy (non-hydrogen) atoms. The van der Waals surface area contributed by atoms with Crippen LogP contribution in [0.15, 0.2) is 33.9 Å². The highest BCUT2D eigenvalue weighted by Crippen LogP contribution is 2.15. The van der Waals surface area contributed by atoms with E-state index in [1.807, 2.05) is 18.2 Å². The molecule has 3 heterocycles. The quantitative estimate of drug-likeness (QED) is 0.211. The van der Waals surface area contributed by atoms with Crippen LogP contribution in [0.2, 0.25) is 0 Å². The molecule has 1 N–H and O–H groups in total. The van der Waals surface area contributed by atoms with E-state index < -0.39 is 0 Å². The van der Waals surface area contributed by atoms with Crippen molar-refractivity contribution in [2.75, 3.05) is 46.5 Å². The van der Waals surface area contributed by atoms with Gasteiger partial charge in [-0.2, -0.15) is 4.98 Å². The molecule has 172 valence electrons.